The van der Waals surface area contributed by atoms with Crippen LogP contribution < -0.4 is 9.99 Å². The summed E-state index contributed by atoms with van der Waals surface area (Å²) in [5.74, 6) is -1.34. The highest BCUT2D eigenvalue weighted by Crippen LogP contribution is 2.30. The third-order valence-corrected chi connectivity index (χ3v) is 3.21. The standard InChI is InChI=1S/C14H12F2O6S/c15-14(16,23-22-21-18)13(17)20-8-7-19-12-6-5-10-3-1-2-4-11(10)9-12/h1-6,9,18H,7-8H2/p-1. The summed E-state index contributed by atoms with van der Waals surface area (Å²) in [6, 6.07) is 13.0. The van der Waals surface area contributed by atoms with Gasteiger partial charge in [-0.25, -0.2) is 4.79 Å². The highest BCUT2D eigenvalue weighted by molar-refractivity contribution is 7.96. The predicted octanol–water partition coefficient (Wildman–Crippen LogP) is 2.23. The van der Waals surface area contributed by atoms with Crippen molar-refractivity contribution in [2.45, 2.75) is 5.25 Å². The van der Waals surface area contributed by atoms with E-state index in [1.54, 1.807) is 12.1 Å². The molecule has 9 heteroatoms. The third-order valence-electron chi connectivity index (χ3n) is 2.71. The van der Waals surface area contributed by atoms with E-state index in [1.807, 2.05) is 30.3 Å². The van der Waals surface area contributed by atoms with Crippen molar-refractivity contribution in [3.63, 3.8) is 0 Å². The lowest BCUT2D eigenvalue weighted by molar-refractivity contribution is -0.777. The SMILES string of the molecule is O=C(OCCOc1ccc2ccccc2c1)C(F)(F)SOO[O-]. The molecule has 2 aromatic rings. The van der Waals surface area contributed by atoms with Crippen LogP contribution in [-0.4, -0.2) is 24.4 Å². The molecule has 0 aliphatic rings. The van der Waals surface area contributed by atoms with Crippen molar-refractivity contribution >= 4 is 28.8 Å². The maximum Gasteiger partial charge on any atom is 0.415 e. The summed E-state index contributed by atoms with van der Waals surface area (Å²) in [4.78, 5) is 11.1. The Morgan fingerprint density at radius 2 is 1.87 bits per heavy atom. The van der Waals surface area contributed by atoms with Gasteiger partial charge in [0.25, 0.3) is 0 Å². The Balaban J connectivity index is 1.79. The first-order chi connectivity index (χ1) is 11.0. The maximum absolute atomic E-state index is 13.0. The van der Waals surface area contributed by atoms with Crippen molar-refractivity contribution in [3.8, 4) is 5.75 Å². The van der Waals surface area contributed by atoms with E-state index >= 15 is 0 Å². The number of rotatable bonds is 8. The van der Waals surface area contributed by atoms with Crippen LogP contribution in [0, 0.1) is 0 Å². The van der Waals surface area contributed by atoms with Crippen molar-refractivity contribution in [1.29, 1.82) is 0 Å². The lowest BCUT2D eigenvalue weighted by atomic mass is 10.1. The van der Waals surface area contributed by atoms with E-state index in [2.05, 4.69) is 14.1 Å². The average Bonchev–Trinajstić information content (AvgIpc) is 2.56. The summed E-state index contributed by atoms with van der Waals surface area (Å²) in [6.45, 7) is -0.496. The molecule has 124 valence electrons. The van der Waals surface area contributed by atoms with Gasteiger partial charge >= 0.3 is 11.2 Å². The summed E-state index contributed by atoms with van der Waals surface area (Å²) >= 11 is -0.741. The molecular weight excluding hydrogens is 334 g/mol. The number of esters is 1. The number of alkyl halides is 2. The molecule has 0 heterocycles. The van der Waals surface area contributed by atoms with Gasteiger partial charge < -0.3 is 14.7 Å². The fourth-order valence-corrected chi connectivity index (χ4v) is 1.97. The third kappa shape index (κ3) is 5.03. The lowest BCUT2D eigenvalue weighted by Gasteiger charge is -2.14. The van der Waals surface area contributed by atoms with E-state index in [1.165, 1.54) is 0 Å². The molecule has 0 aliphatic carbocycles. The lowest BCUT2D eigenvalue weighted by Crippen LogP contribution is -2.29. The number of ether oxygens (including phenoxy) is 2. The van der Waals surface area contributed by atoms with E-state index < -0.39 is 23.3 Å². The fraction of sp³-hybridized carbons (Fsp3) is 0.214. The maximum atomic E-state index is 13.0. The number of fused-ring (bicyclic) bond motifs is 1. The van der Waals surface area contributed by atoms with Crippen LogP contribution in [0.4, 0.5) is 8.78 Å². The van der Waals surface area contributed by atoms with Gasteiger partial charge in [0, 0.05) is 0 Å². The highest BCUT2D eigenvalue weighted by atomic mass is 32.2. The zero-order valence-electron chi connectivity index (χ0n) is 11.6. The van der Waals surface area contributed by atoms with Crippen LogP contribution in [0.5, 0.6) is 5.75 Å². The van der Waals surface area contributed by atoms with Gasteiger partial charge in [0.2, 0.25) is 0 Å². The van der Waals surface area contributed by atoms with Gasteiger partial charge in [-0.1, -0.05) is 30.3 Å². The van der Waals surface area contributed by atoms with Crippen molar-refractivity contribution in [2.24, 2.45) is 0 Å². The van der Waals surface area contributed by atoms with Crippen molar-refractivity contribution in [2.75, 3.05) is 13.2 Å². The van der Waals surface area contributed by atoms with Gasteiger partial charge in [-0.2, -0.15) is 13.1 Å². The summed E-state index contributed by atoms with van der Waals surface area (Å²) in [5, 5.41) is 10.1. The minimum Gasteiger partial charge on any atom is -0.691 e. The molecule has 0 amide bonds. The number of carbonyl (C=O) groups is 1. The summed E-state index contributed by atoms with van der Waals surface area (Å²) < 4.78 is 39.1. The zero-order valence-corrected chi connectivity index (χ0v) is 12.4. The average molecular weight is 345 g/mol. The number of benzene rings is 2. The first kappa shape index (κ1) is 17.4. The molecule has 0 N–H and O–H groups in total. The van der Waals surface area contributed by atoms with Gasteiger partial charge in [-0.15, -0.1) is 0 Å². The molecule has 0 atom stereocenters. The Morgan fingerprint density at radius 1 is 1.13 bits per heavy atom. The van der Waals surface area contributed by atoms with Crippen molar-refractivity contribution in [3.05, 3.63) is 42.5 Å². The Hall–Kier alpha value is -1.94. The van der Waals surface area contributed by atoms with Gasteiger partial charge in [0.05, 0.1) is 0 Å². The van der Waals surface area contributed by atoms with Crippen LogP contribution in [0.25, 0.3) is 10.8 Å². The molecule has 0 radical (unpaired) electrons. The molecule has 23 heavy (non-hydrogen) atoms. The predicted molar refractivity (Wildman–Crippen MR) is 75.1 cm³/mol. The molecule has 0 saturated heterocycles. The molecule has 6 nitrogen and oxygen atoms in total. The van der Waals surface area contributed by atoms with Crippen LogP contribution in [0.1, 0.15) is 0 Å². The Morgan fingerprint density at radius 3 is 2.61 bits per heavy atom. The molecule has 2 rings (SSSR count). The number of halogens is 2. The molecule has 0 unspecified atom stereocenters. The van der Waals surface area contributed by atoms with Gasteiger partial charge in [-0.05, 0) is 22.9 Å². The van der Waals surface area contributed by atoms with Crippen molar-refractivity contribution < 1.29 is 37.7 Å². The largest absolute Gasteiger partial charge is 0.691 e. The topological polar surface area (TPSA) is 77.1 Å². The Bertz CT molecular complexity index is 667. The first-order valence-electron chi connectivity index (χ1n) is 6.34. The summed E-state index contributed by atoms with van der Waals surface area (Å²) in [7, 11) is 0. The molecule has 0 fully saturated rings. The monoisotopic (exact) mass is 345 g/mol. The zero-order chi connectivity index (χ0) is 16.7. The van der Waals surface area contributed by atoms with E-state index in [9.17, 15) is 18.8 Å². The van der Waals surface area contributed by atoms with E-state index in [0.717, 1.165) is 10.8 Å². The van der Waals surface area contributed by atoms with Crippen LogP contribution in [0.2, 0.25) is 0 Å². The summed E-state index contributed by atoms with van der Waals surface area (Å²) in [6.07, 6.45) is 0. The quantitative estimate of drug-likeness (QED) is 0.239. The van der Waals surface area contributed by atoms with Crippen molar-refractivity contribution in [1.82, 2.24) is 0 Å². The summed E-state index contributed by atoms with van der Waals surface area (Å²) in [5.41, 5.74) is 0. The molecule has 0 aliphatic heterocycles. The van der Waals surface area contributed by atoms with Gasteiger partial charge in [0.1, 0.15) is 31.0 Å². The Kier molecular flexibility index (Phi) is 6.11. The Labute approximate surface area is 134 Å². The highest BCUT2D eigenvalue weighted by Gasteiger charge is 2.43. The number of hydrogen-bond acceptors (Lipinski definition) is 7. The molecule has 0 bridgehead atoms. The normalized spacial score (nSPS) is 11.4. The fourth-order valence-electron chi connectivity index (χ4n) is 1.73. The second kappa shape index (κ2) is 8.06. The second-order valence-electron chi connectivity index (χ2n) is 4.23. The molecule has 2 aromatic carbocycles. The van der Waals surface area contributed by atoms with Crippen LogP contribution in [0.3, 0.4) is 0 Å². The minimum absolute atomic E-state index is 0.107. The van der Waals surface area contributed by atoms with E-state index in [-0.39, 0.29) is 13.2 Å². The molecule has 0 spiro atoms. The van der Waals surface area contributed by atoms with Crippen LogP contribution >= 0.6 is 12.0 Å². The van der Waals surface area contributed by atoms with Crippen LogP contribution in [-0.2, 0) is 18.9 Å². The van der Waals surface area contributed by atoms with Gasteiger partial charge in [-0.3, -0.25) is 5.04 Å². The molecule has 0 saturated carbocycles. The van der Waals surface area contributed by atoms with Crippen LogP contribution in [0.15, 0.2) is 42.5 Å². The molecular formula is C14H11F2O6S-. The second-order valence-corrected chi connectivity index (χ2v) is 5.05. The van der Waals surface area contributed by atoms with E-state index in [4.69, 9.17) is 4.74 Å². The van der Waals surface area contributed by atoms with E-state index in [0.29, 0.717) is 5.75 Å². The number of hydrogen-bond donors (Lipinski definition) is 0. The molecule has 0 aromatic heterocycles. The minimum atomic E-state index is -4.05. The number of carbonyl (C=O) groups excluding carboxylic acids is 1. The van der Waals surface area contributed by atoms with Gasteiger partial charge in [0.15, 0.2) is 0 Å². The first-order valence-corrected chi connectivity index (χ1v) is 7.08. The smallest absolute Gasteiger partial charge is 0.415 e.